The Morgan fingerprint density at radius 1 is 1.67 bits per heavy atom. The van der Waals surface area contributed by atoms with Crippen LogP contribution in [0.5, 0.6) is 0 Å². The molecule has 1 atom stereocenters. The van der Waals surface area contributed by atoms with Gasteiger partial charge in [0.2, 0.25) is 0 Å². The van der Waals surface area contributed by atoms with Crippen LogP contribution in [0.1, 0.15) is 0 Å². The number of alkyl halides is 1. The number of halogens is 1. The molecule has 0 aromatic rings. The number of rotatable bonds is 5. The highest BCUT2D eigenvalue weighted by molar-refractivity contribution is 6.21. The molecule has 0 aliphatic rings. The quantitative estimate of drug-likeness (QED) is 0.209. The maximum atomic E-state index is 5.51. The molecule has 0 bridgehead atoms. The van der Waals surface area contributed by atoms with Gasteiger partial charge in [-0.05, 0) is 0 Å². The summed E-state index contributed by atoms with van der Waals surface area (Å²) in [7, 11) is 0. The van der Waals surface area contributed by atoms with E-state index in [0.29, 0.717) is 6.61 Å². The van der Waals surface area contributed by atoms with Crippen molar-refractivity contribution in [1.82, 2.24) is 5.48 Å². The molecule has 0 saturated heterocycles. The fourth-order valence-electron chi connectivity index (χ4n) is 0.235. The van der Waals surface area contributed by atoms with Crippen LogP contribution >= 0.6 is 11.6 Å². The van der Waals surface area contributed by atoms with Gasteiger partial charge in [0.1, 0.15) is 5.50 Å². The Labute approximate surface area is 60.1 Å². The van der Waals surface area contributed by atoms with Gasteiger partial charge in [0, 0.05) is 0 Å². The average Bonchev–Trinajstić information content (AvgIpc) is 1.89. The lowest BCUT2D eigenvalue weighted by molar-refractivity contribution is 0.0627. The maximum absolute atomic E-state index is 5.51. The van der Waals surface area contributed by atoms with Crippen molar-refractivity contribution in [2.75, 3.05) is 6.61 Å². The van der Waals surface area contributed by atoms with E-state index >= 15 is 0 Å². The molecule has 0 spiro atoms. The van der Waals surface area contributed by atoms with Crippen molar-refractivity contribution in [3.8, 4) is 0 Å². The van der Waals surface area contributed by atoms with E-state index in [-0.39, 0.29) is 5.50 Å². The van der Waals surface area contributed by atoms with Crippen LogP contribution < -0.4 is 5.48 Å². The highest BCUT2D eigenvalue weighted by atomic mass is 35.5. The Bertz CT molecular complexity index is 95.1. The lowest BCUT2D eigenvalue weighted by Crippen LogP contribution is -2.21. The number of hydroxylamine groups is 1. The summed E-state index contributed by atoms with van der Waals surface area (Å²) in [5.74, 6) is 0. The van der Waals surface area contributed by atoms with Gasteiger partial charge in [-0.25, -0.2) is 0 Å². The summed E-state index contributed by atoms with van der Waals surface area (Å²) in [6, 6.07) is 0. The highest BCUT2D eigenvalue weighted by Crippen LogP contribution is 1.89. The van der Waals surface area contributed by atoms with Crippen LogP contribution in [0.3, 0.4) is 0 Å². The molecule has 0 aliphatic heterocycles. The number of hydrogen-bond donors (Lipinski definition) is 1. The van der Waals surface area contributed by atoms with Crippen molar-refractivity contribution in [1.29, 1.82) is 0 Å². The molecule has 0 saturated carbocycles. The molecule has 0 aromatic heterocycles. The first kappa shape index (κ1) is 8.69. The van der Waals surface area contributed by atoms with Gasteiger partial charge in [0.25, 0.3) is 0 Å². The predicted molar refractivity (Wildman–Crippen MR) is 39.1 cm³/mol. The fourth-order valence-corrected chi connectivity index (χ4v) is 0.298. The lowest BCUT2D eigenvalue weighted by atomic mass is 10.6. The van der Waals surface area contributed by atoms with E-state index in [0.717, 1.165) is 0 Å². The number of nitrogens with one attached hydrogen (secondary N) is 1. The second kappa shape index (κ2) is 5.82. The third kappa shape index (κ3) is 5.56. The van der Waals surface area contributed by atoms with Gasteiger partial charge in [-0.3, -0.25) is 4.84 Å². The minimum absolute atomic E-state index is 0.329. The van der Waals surface area contributed by atoms with Crippen LogP contribution in [0.15, 0.2) is 25.3 Å². The van der Waals surface area contributed by atoms with Gasteiger partial charge in [-0.2, -0.15) is 5.48 Å². The van der Waals surface area contributed by atoms with Gasteiger partial charge >= 0.3 is 0 Å². The zero-order valence-corrected chi connectivity index (χ0v) is 5.90. The molecule has 9 heavy (non-hydrogen) atoms. The summed E-state index contributed by atoms with van der Waals surface area (Å²) in [5, 5.41) is 0. The molecule has 0 aliphatic carbocycles. The first-order valence-electron chi connectivity index (χ1n) is 2.56. The van der Waals surface area contributed by atoms with E-state index < -0.39 is 0 Å². The summed E-state index contributed by atoms with van der Waals surface area (Å²) in [6.07, 6.45) is 3.16. The molecular formula is C6H10ClNO. The van der Waals surface area contributed by atoms with Gasteiger partial charge in [0.05, 0.1) is 6.61 Å². The van der Waals surface area contributed by atoms with Crippen LogP contribution in [0.4, 0.5) is 0 Å². The van der Waals surface area contributed by atoms with Crippen LogP contribution in [-0.2, 0) is 4.84 Å². The molecule has 2 nitrogen and oxygen atoms in total. The van der Waals surface area contributed by atoms with Crippen LogP contribution in [0.2, 0.25) is 0 Å². The Kier molecular flexibility index (Phi) is 5.62. The van der Waals surface area contributed by atoms with Gasteiger partial charge in [-0.15, -0.1) is 13.2 Å². The van der Waals surface area contributed by atoms with Crippen molar-refractivity contribution in [2.45, 2.75) is 5.50 Å². The van der Waals surface area contributed by atoms with Gasteiger partial charge in [-0.1, -0.05) is 23.8 Å². The lowest BCUT2D eigenvalue weighted by Gasteiger charge is -2.04. The maximum Gasteiger partial charge on any atom is 0.124 e. The van der Waals surface area contributed by atoms with Crippen LogP contribution in [0, 0.1) is 0 Å². The van der Waals surface area contributed by atoms with Gasteiger partial charge < -0.3 is 0 Å². The van der Waals surface area contributed by atoms with Crippen molar-refractivity contribution >= 4 is 11.6 Å². The monoisotopic (exact) mass is 147 g/mol. The third-order valence-electron chi connectivity index (χ3n) is 0.604. The normalized spacial score (nSPS) is 12.6. The molecule has 0 aromatic carbocycles. The second-order valence-electron chi connectivity index (χ2n) is 1.35. The summed E-state index contributed by atoms with van der Waals surface area (Å²) >= 11 is 5.51. The zero-order chi connectivity index (χ0) is 7.11. The second-order valence-corrected chi connectivity index (χ2v) is 1.83. The number of hydrogen-bond acceptors (Lipinski definition) is 2. The van der Waals surface area contributed by atoms with E-state index in [1.54, 1.807) is 6.08 Å². The summed E-state index contributed by atoms with van der Waals surface area (Å²) < 4.78 is 0. The molecule has 1 unspecified atom stereocenters. The Hall–Kier alpha value is -0.310. The molecule has 0 fully saturated rings. The van der Waals surface area contributed by atoms with Crippen molar-refractivity contribution in [3.05, 3.63) is 25.3 Å². The molecular weight excluding hydrogens is 138 g/mol. The Balaban J connectivity index is 3.05. The summed E-state index contributed by atoms with van der Waals surface area (Å²) in [6.45, 7) is 7.33. The molecule has 0 amide bonds. The minimum atomic E-state index is -0.329. The van der Waals surface area contributed by atoms with Crippen LogP contribution in [-0.4, -0.2) is 12.1 Å². The fraction of sp³-hybridized carbons (Fsp3) is 0.333. The van der Waals surface area contributed by atoms with Crippen LogP contribution in [0.25, 0.3) is 0 Å². The molecule has 0 rings (SSSR count). The van der Waals surface area contributed by atoms with Crippen molar-refractivity contribution < 1.29 is 4.84 Å². The smallest absolute Gasteiger partial charge is 0.124 e. The molecule has 1 N–H and O–H groups in total. The zero-order valence-electron chi connectivity index (χ0n) is 5.14. The minimum Gasteiger partial charge on any atom is -0.296 e. The molecule has 0 heterocycles. The van der Waals surface area contributed by atoms with E-state index in [2.05, 4.69) is 18.6 Å². The first-order chi connectivity index (χ1) is 4.31. The topological polar surface area (TPSA) is 21.3 Å². The third-order valence-corrected chi connectivity index (χ3v) is 0.871. The Morgan fingerprint density at radius 2 is 2.33 bits per heavy atom. The van der Waals surface area contributed by atoms with Gasteiger partial charge in [0.15, 0.2) is 0 Å². The largest absolute Gasteiger partial charge is 0.296 e. The predicted octanol–water partition coefficient (Wildman–Crippen LogP) is 1.44. The summed E-state index contributed by atoms with van der Waals surface area (Å²) in [5.41, 5.74) is 2.18. The molecule has 3 heteroatoms. The van der Waals surface area contributed by atoms with E-state index in [1.165, 1.54) is 6.08 Å². The average molecular weight is 148 g/mol. The Morgan fingerprint density at radius 3 is 2.78 bits per heavy atom. The standard InChI is InChI=1S/C6H10ClNO/c1-3-5-9-8-6(7)4-2/h3-4,6,8H,1-2,5H2. The molecule has 0 radical (unpaired) electrons. The van der Waals surface area contributed by atoms with E-state index in [9.17, 15) is 0 Å². The first-order valence-corrected chi connectivity index (χ1v) is 2.99. The van der Waals surface area contributed by atoms with E-state index in [4.69, 9.17) is 16.4 Å². The molecule has 52 valence electrons. The van der Waals surface area contributed by atoms with Crippen molar-refractivity contribution in [3.63, 3.8) is 0 Å². The van der Waals surface area contributed by atoms with Crippen molar-refractivity contribution in [2.24, 2.45) is 0 Å². The highest BCUT2D eigenvalue weighted by Gasteiger charge is 1.92. The summed E-state index contributed by atoms with van der Waals surface area (Å²) in [4.78, 5) is 4.76. The SMILES string of the molecule is C=CCONC(Cl)C=C. The van der Waals surface area contributed by atoms with E-state index in [1.807, 2.05) is 0 Å².